The maximum Gasteiger partial charge on any atom is 0.430 e. The SMILES string of the molecule is O=C(O)C1=Cc2ccc(I)cc2OC1C(F)(F)F. The Labute approximate surface area is 113 Å². The summed E-state index contributed by atoms with van der Waals surface area (Å²) in [4.78, 5) is 10.8. The van der Waals surface area contributed by atoms with E-state index in [1.54, 1.807) is 6.07 Å². The van der Waals surface area contributed by atoms with Crippen molar-refractivity contribution < 1.29 is 27.8 Å². The fourth-order valence-electron chi connectivity index (χ4n) is 1.58. The molecular formula is C11H6F3IO3. The molecule has 0 aliphatic carbocycles. The van der Waals surface area contributed by atoms with Crippen molar-refractivity contribution in [2.24, 2.45) is 0 Å². The summed E-state index contributed by atoms with van der Waals surface area (Å²) in [6.45, 7) is 0. The van der Waals surface area contributed by atoms with E-state index in [-0.39, 0.29) is 5.75 Å². The number of hydrogen-bond acceptors (Lipinski definition) is 2. The molecule has 1 atom stereocenters. The molecule has 7 heteroatoms. The van der Waals surface area contributed by atoms with Crippen LogP contribution in [0.1, 0.15) is 5.56 Å². The standard InChI is InChI=1S/C11H6F3IO3/c12-11(13,14)9-7(10(16)17)3-5-1-2-6(15)4-8(5)18-9/h1-4,9H,(H,16,17). The van der Waals surface area contributed by atoms with Gasteiger partial charge in [0.15, 0.2) is 0 Å². The highest BCUT2D eigenvalue weighted by atomic mass is 127. The molecule has 0 saturated carbocycles. The molecule has 96 valence electrons. The van der Waals surface area contributed by atoms with Crippen LogP contribution >= 0.6 is 22.6 Å². The molecule has 1 aliphatic rings. The Balaban J connectivity index is 2.53. The van der Waals surface area contributed by atoms with Crippen LogP contribution in [0.2, 0.25) is 0 Å². The molecular weight excluding hydrogens is 364 g/mol. The number of carbonyl (C=O) groups is 1. The van der Waals surface area contributed by atoms with E-state index in [0.717, 1.165) is 6.08 Å². The van der Waals surface area contributed by atoms with Crippen LogP contribution in [0.15, 0.2) is 23.8 Å². The minimum absolute atomic E-state index is 0.0363. The summed E-state index contributed by atoms with van der Waals surface area (Å²) in [6, 6.07) is 4.61. The molecule has 0 saturated heterocycles. The monoisotopic (exact) mass is 370 g/mol. The molecule has 18 heavy (non-hydrogen) atoms. The van der Waals surface area contributed by atoms with Gasteiger partial charge in [0.1, 0.15) is 5.75 Å². The highest BCUT2D eigenvalue weighted by molar-refractivity contribution is 14.1. The lowest BCUT2D eigenvalue weighted by Crippen LogP contribution is -2.40. The second kappa shape index (κ2) is 4.45. The van der Waals surface area contributed by atoms with E-state index in [0.29, 0.717) is 9.13 Å². The second-order valence-electron chi connectivity index (χ2n) is 3.63. The maximum absolute atomic E-state index is 12.7. The van der Waals surface area contributed by atoms with Crippen LogP contribution in [0.25, 0.3) is 6.08 Å². The van der Waals surface area contributed by atoms with Crippen molar-refractivity contribution in [2.45, 2.75) is 12.3 Å². The van der Waals surface area contributed by atoms with Gasteiger partial charge in [-0.2, -0.15) is 13.2 Å². The number of fused-ring (bicyclic) bond motifs is 1. The first-order valence-corrected chi connectivity index (χ1v) is 5.84. The number of benzene rings is 1. The third-order valence-corrected chi connectivity index (χ3v) is 3.03. The molecule has 0 fully saturated rings. The quantitative estimate of drug-likeness (QED) is 0.773. The summed E-state index contributed by atoms with van der Waals surface area (Å²) >= 11 is 1.93. The van der Waals surface area contributed by atoms with Crippen LogP contribution in [0.5, 0.6) is 5.75 Å². The first-order chi connectivity index (χ1) is 8.29. The van der Waals surface area contributed by atoms with Gasteiger partial charge >= 0.3 is 12.1 Å². The Morgan fingerprint density at radius 3 is 2.61 bits per heavy atom. The Morgan fingerprint density at radius 1 is 1.39 bits per heavy atom. The van der Waals surface area contributed by atoms with Crippen LogP contribution in [-0.2, 0) is 4.79 Å². The van der Waals surface area contributed by atoms with Gasteiger partial charge in [0.25, 0.3) is 0 Å². The fraction of sp³-hybridized carbons (Fsp3) is 0.182. The Hall–Kier alpha value is -1.25. The first-order valence-electron chi connectivity index (χ1n) is 4.77. The van der Waals surface area contributed by atoms with Crippen molar-refractivity contribution in [1.82, 2.24) is 0 Å². The number of halogens is 4. The third kappa shape index (κ3) is 2.45. The summed E-state index contributed by atoms with van der Waals surface area (Å²) < 4.78 is 43.6. The highest BCUT2D eigenvalue weighted by Crippen LogP contribution is 2.37. The zero-order chi connectivity index (χ0) is 13.5. The lowest BCUT2D eigenvalue weighted by Gasteiger charge is -2.27. The highest BCUT2D eigenvalue weighted by Gasteiger charge is 2.48. The van der Waals surface area contributed by atoms with Gasteiger partial charge in [-0.1, -0.05) is 6.07 Å². The largest absolute Gasteiger partial charge is 0.478 e. The molecule has 1 aliphatic heterocycles. The van der Waals surface area contributed by atoms with Crippen molar-refractivity contribution in [2.75, 3.05) is 0 Å². The van der Waals surface area contributed by atoms with E-state index in [9.17, 15) is 18.0 Å². The summed E-state index contributed by atoms with van der Waals surface area (Å²) in [5.74, 6) is -1.60. The minimum atomic E-state index is -4.76. The smallest absolute Gasteiger partial charge is 0.430 e. The van der Waals surface area contributed by atoms with Gasteiger partial charge in [0.2, 0.25) is 6.10 Å². The topological polar surface area (TPSA) is 46.5 Å². The molecule has 0 amide bonds. The molecule has 0 spiro atoms. The summed E-state index contributed by atoms with van der Waals surface area (Å²) in [7, 11) is 0. The van der Waals surface area contributed by atoms with Crippen molar-refractivity contribution in [3.05, 3.63) is 32.9 Å². The average molecular weight is 370 g/mol. The number of carboxylic acid groups (broad SMARTS) is 1. The summed E-state index contributed by atoms with van der Waals surface area (Å²) in [5, 5.41) is 8.80. The van der Waals surface area contributed by atoms with Crippen molar-refractivity contribution in [3.63, 3.8) is 0 Å². The zero-order valence-corrected chi connectivity index (χ0v) is 10.8. The van der Waals surface area contributed by atoms with Crippen molar-refractivity contribution in [1.29, 1.82) is 0 Å². The molecule has 1 heterocycles. The molecule has 0 aromatic heterocycles. The minimum Gasteiger partial charge on any atom is -0.478 e. The van der Waals surface area contributed by atoms with Gasteiger partial charge in [-0.05, 0) is 40.8 Å². The van der Waals surface area contributed by atoms with E-state index in [4.69, 9.17) is 9.84 Å². The van der Waals surface area contributed by atoms with Crippen LogP contribution in [0.3, 0.4) is 0 Å². The number of ether oxygens (including phenoxy) is 1. The van der Waals surface area contributed by atoms with Gasteiger partial charge in [0.05, 0.1) is 5.57 Å². The predicted molar refractivity (Wildman–Crippen MR) is 65.2 cm³/mol. The molecule has 1 N–H and O–H groups in total. The van der Waals surface area contributed by atoms with Crippen LogP contribution in [0.4, 0.5) is 13.2 Å². The van der Waals surface area contributed by atoms with E-state index >= 15 is 0 Å². The Bertz CT molecular complexity index is 537. The van der Waals surface area contributed by atoms with E-state index in [2.05, 4.69) is 0 Å². The predicted octanol–water partition coefficient (Wildman–Crippen LogP) is 3.08. The van der Waals surface area contributed by atoms with E-state index in [1.165, 1.54) is 12.1 Å². The molecule has 0 bridgehead atoms. The van der Waals surface area contributed by atoms with Gasteiger partial charge in [-0.15, -0.1) is 0 Å². The van der Waals surface area contributed by atoms with Crippen LogP contribution in [-0.4, -0.2) is 23.4 Å². The van der Waals surface area contributed by atoms with Crippen molar-refractivity contribution in [3.8, 4) is 5.75 Å². The molecule has 1 aromatic rings. The van der Waals surface area contributed by atoms with Gasteiger partial charge in [-0.25, -0.2) is 4.79 Å². The van der Waals surface area contributed by atoms with Crippen LogP contribution in [0, 0.1) is 3.57 Å². The van der Waals surface area contributed by atoms with Crippen LogP contribution < -0.4 is 4.74 Å². The van der Waals surface area contributed by atoms with Crippen molar-refractivity contribution >= 4 is 34.6 Å². The lowest BCUT2D eigenvalue weighted by atomic mass is 10.0. The number of rotatable bonds is 1. The zero-order valence-electron chi connectivity index (χ0n) is 8.66. The number of aliphatic carboxylic acids is 1. The first kappa shape index (κ1) is 13.2. The molecule has 1 unspecified atom stereocenters. The molecule has 1 aromatic carbocycles. The fourth-order valence-corrected chi connectivity index (χ4v) is 2.04. The van der Waals surface area contributed by atoms with Gasteiger partial charge in [-0.3, -0.25) is 0 Å². The Morgan fingerprint density at radius 2 is 2.06 bits per heavy atom. The lowest BCUT2D eigenvalue weighted by molar-refractivity contribution is -0.187. The summed E-state index contributed by atoms with van der Waals surface area (Å²) in [6.07, 6.45) is -6.20. The Kier molecular flexibility index (Phi) is 3.26. The van der Waals surface area contributed by atoms with E-state index in [1.807, 2.05) is 22.6 Å². The van der Waals surface area contributed by atoms with Gasteiger partial charge < -0.3 is 9.84 Å². The maximum atomic E-state index is 12.7. The number of alkyl halides is 3. The number of carboxylic acids is 1. The third-order valence-electron chi connectivity index (χ3n) is 2.36. The molecule has 0 radical (unpaired) electrons. The second-order valence-corrected chi connectivity index (χ2v) is 4.87. The molecule has 2 rings (SSSR count). The molecule has 3 nitrogen and oxygen atoms in total. The normalized spacial score (nSPS) is 18.7. The number of hydrogen-bond donors (Lipinski definition) is 1. The van der Waals surface area contributed by atoms with E-state index < -0.39 is 23.8 Å². The summed E-state index contributed by atoms with van der Waals surface area (Å²) in [5.41, 5.74) is -0.482. The average Bonchev–Trinajstić information content (AvgIpc) is 2.25. The van der Waals surface area contributed by atoms with Gasteiger partial charge in [0, 0.05) is 9.13 Å².